The summed E-state index contributed by atoms with van der Waals surface area (Å²) in [6.07, 6.45) is 6.85. The number of thioether (sulfide) groups is 2. The summed E-state index contributed by atoms with van der Waals surface area (Å²) in [5.74, 6) is 2.24. The molecule has 2 rings (SSSR count). The first-order chi connectivity index (χ1) is 9.86. The molecule has 0 atom stereocenters. The molecule has 0 aromatic carbocycles. The Bertz CT molecular complexity index is 489. The summed E-state index contributed by atoms with van der Waals surface area (Å²) in [6.45, 7) is 0. The molecule has 108 valence electrons. The Morgan fingerprint density at radius 1 is 1.05 bits per heavy atom. The summed E-state index contributed by atoms with van der Waals surface area (Å²) in [7, 11) is 1.87. The van der Waals surface area contributed by atoms with E-state index < -0.39 is 0 Å². The Hall–Kier alpha value is -1.08. The molecular formula is C13H19N5S2. The van der Waals surface area contributed by atoms with Gasteiger partial charge in [-0.1, -0.05) is 30.7 Å². The molecule has 0 aliphatic rings. The van der Waals surface area contributed by atoms with E-state index in [-0.39, 0.29) is 0 Å². The van der Waals surface area contributed by atoms with E-state index in [9.17, 15) is 0 Å². The third-order valence-electron chi connectivity index (χ3n) is 2.74. The molecule has 0 aliphatic heterocycles. The van der Waals surface area contributed by atoms with E-state index in [2.05, 4.69) is 26.6 Å². The summed E-state index contributed by atoms with van der Waals surface area (Å²) >= 11 is 3.56. The van der Waals surface area contributed by atoms with E-state index in [4.69, 9.17) is 0 Å². The molecule has 2 aromatic rings. The van der Waals surface area contributed by atoms with Gasteiger partial charge in [0.15, 0.2) is 0 Å². The molecule has 0 N–H and O–H groups in total. The number of rotatable bonds is 9. The van der Waals surface area contributed by atoms with E-state index in [1.807, 2.05) is 37.1 Å². The molecule has 0 aliphatic carbocycles. The van der Waals surface area contributed by atoms with Gasteiger partial charge in [0.25, 0.3) is 0 Å². The molecule has 0 radical (unpaired) electrons. The van der Waals surface area contributed by atoms with E-state index in [1.54, 1.807) is 16.4 Å². The van der Waals surface area contributed by atoms with Crippen LogP contribution in [0.5, 0.6) is 0 Å². The minimum atomic E-state index is 0.899. The Balaban J connectivity index is 1.45. The smallest absolute Gasteiger partial charge is 0.209 e. The molecule has 20 heavy (non-hydrogen) atoms. The maximum absolute atomic E-state index is 4.30. The Morgan fingerprint density at radius 2 is 1.85 bits per heavy atom. The predicted molar refractivity (Wildman–Crippen MR) is 83.0 cm³/mol. The van der Waals surface area contributed by atoms with Crippen molar-refractivity contribution in [1.29, 1.82) is 0 Å². The zero-order chi connectivity index (χ0) is 14.0. The molecular weight excluding hydrogens is 290 g/mol. The fourth-order valence-electron chi connectivity index (χ4n) is 1.67. The van der Waals surface area contributed by atoms with Crippen molar-refractivity contribution in [2.45, 2.75) is 35.9 Å². The standard InChI is InChI=1S/C13H19N5S2/c1-18-13(15-16-17-18)20-11-7-3-2-6-10-19-12-8-4-5-9-14-12/h4-5,8-9H,2-3,6-7,10-11H2,1H3. The van der Waals surface area contributed by atoms with Gasteiger partial charge >= 0.3 is 0 Å². The summed E-state index contributed by atoms with van der Waals surface area (Å²) in [5, 5.41) is 13.4. The van der Waals surface area contributed by atoms with Gasteiger partial charge in [0.1, 0.15) is 0 Å². The summed E-state index contributed by atoms with van der Waals surface area (Å²) < 4.78 is 1.72. The molecule has 0 saturated carbocycles. The normalized spacial score (nSPS) is 10.8. The van der Waals surface area contributed by atoms with Gasteiger partial charge in [-0.15, -0.1) is 16.9 Å². The molecule has 0 spiro atoms. The number of aromatic nitrogens is 5. The van der Waals surface area contributed by atoms with Crippen molar-refractivity contribution in [3.05, 3.63) is 24.4 Å². The number of tetrazole rings is 1. The molecule has 0 saturated heterocycles. The zero-order valence-corrected chi connectivity index (χ0v) is 13.2. The van der Waals surface area contributed by atoms with Crippen LogP contribution < -0.4 is 0 Å². The van der Waals surface area contributed by atoms with E-state index in [0.717, 1.165) is 21.7 Å². The van der Waals surface area contributed by atoms with Crippen molar-refractivity contribution in [1.82, 2.24) is 25.2 Å². The van der Waals surface area contributed by atoms with Gasteiger partial charge in [-0.3, -0.25) is 0 Å². The highest BCUT2D eigenvalue weighted by molar-refractivity contribution is 7.99. The van der Waals surface area contributed by atoms with Crippen LogP contribution in [0, 0.1) is 0 Å². The van der Waals surface area contributed by atoms with Crippen LogP contribution in [-0.2, 0) is 7.05 Å². The second-order valence-corrected chi connectivity index (χ2v) is 6.54. The lowest BCUT2D eigenvalue weighted by Gasteiger charge is -2.02. The van der Waals surface area contributed by atoms with Gasteiger partial charge in [-0.05, 0) is 41.2 Å². The first kappa shape index (κ1) is 15.3. The van der Waals surface area contributed by atoms with Gasteiger partial charge < -0.3 is 0 Å². The molecule has 2 aromatic heterocycles. The Kier molecular flexibility index (Phi) is 6.86. The van der Waals surface area contributed by atoms with Crippen molar-refractivity contribution in [3.63, 3.8) is 0 Å². The summed E-state index contributed by atoms with van der Waals surface area (Å²) in [5.41, 5.74) is 0. The van der Waals surface area contributed by atoms with Gasteiger partial charge in [0, 0.05) is 19.0 Å². The highest BCUT2D eigenvalue weighted by Gasteiger charge is 2.01. The number of hydrogen-bond acceptors (Lipinski definition) is 6. The molecule has 7 heteroatoms. The zero-order valence-electron chi connectivity index (χ0n) is 11.6. The second kappa shape index (κ2) is 8.97. The van der Waals surface area contributed by atoms with Crippen LogP contribution in [0.1, 0.15) is 25.7 Å². The van der Waals surface area contributed by atoms with Gasteiger partial charge in [0.2, 0.25) is 5.16 Å². The molecule has 0 amide bonds. The second-order valence-electron chi connectivity index (χ2n) is 4.36. The molecule has 0 unspecified atom stereocenters. The minimum Gasteiger partial charge on any atom is -0.250 e. The van der Waals surface area contributed by atoms with Crippen molar-refractivity contribution >= 4 is 23.5 Å². The lowest BCUT2D eigenvalue weighted by Crippen LogP contribution is -1.94. The van der Waals surface area contributed by atoms with Crippen LogP contribution in [-0.4, -0.2) is 36.7 Å². The quantitative estimate of drug-likeness (QED) is 0.524. The Labute approximate surface area is 127 Å². The number of pyridine rings is 1. The van der Waals surface area contributed by atoms with Crippen molar-refractivity contribution < 1.29 is 0 Å². The van der Waals surface area contributed by atoms with Crippen LogP contribution in [0.15, 0.2) is 34.6 Å². The molecule has 2 heterocycles. The predicted octanol–water partition coefficient (Wildman–Crippen LogP) is 3.05. The average molecular weight is 309 g/mol. The Morgan fingerprint density at radius 3 is 2.50 bits per heavy atom. The van der Waals surface area contributed by atoms with Crippen LogP contribution in [0.3, 0.4) is 0 Å². The van der Waals surface area contributed by atoms with Gasteiger partial charge in [0.05, 0.1) is 5.03 Å². The maximum Gasteiger partial charge on any atom is 0.209 e. The van der Waals surface area contributed by atoms with Gasteiger partial charge in [-0.2, -0.15) is 0 Å². The first-order valence-electron chi connectivity index (χ1n) is 6.75. The number of aryl methyl sites for hydroxylation is 1. The topological polar surface area (TPSA) is 56.5 Å². The third-order valence-corrected chi connectivity index (χ3v) is 4.87. The van der Waals surface area contributed by atoms with Crippen LogP contribution in [0.25, 0.3) is 0 Å². The fourth-order valence-corrected chi connectivity index (χ4v) is 3.39. The van der Waals surface area contributed by atoms with E-state index >= 15 is 0 Å². The highest BCUT2D eigenvalue weighted by atomic mass is 32.2. The van der Waals surface area contributed by atoms with Crippen molar-refractivity contribution in [2.75, 3.05) is 11.5 Å². The molecule has 0 bridgehead atoms. The molecule has 0 fully saturated rings. The summed E-state index contributed by atoms with van der Waals surface area (Å²) in [4.78, 5) is 4.30. The average Bonchev–Trinajstić information content (AvgIpc) is 2.88. The van der Waals surface area contributed by atoms with Crippen LogP contribution in [0.2, 0.25) is 0 Å². The first-order valence-corrected chi connectivity index (χ1v) is 8.72. The van der Waals surface area contributed by atoms with Crippen molar-refractivity contribution in [2.24, 2.45) is 7.05 Å². The number of hydrogen-bond donors (Lipinski definition) is 0. The lowest BCUT2D eigenvalue weighted by atomic mass is 10.2. The maximum atomic E-state index is 4.30. The fraction of sp³-hybridized carbons (Fsp3) is 0.538. The van der Waals surface area contributed by atoms with E-state index in [1.165, 1.54) is 25.7 Å². The largest absolute Gasteiger partial charge is 0.250 e. The van der Waals surface area contributed by atoms with Crippen LogP contribution in [0.4, 0.5) is 0 Å². The van der Waals surface area contributed by atoms with Crippen LogP contribution >= 0.6 is 23.5 Å². The van der Waals surface area contributed by atoms with E-state index in [0.29, 0.717) is 0 Å². The summed E-state index contributed by atoms with van der Waals surface area (Å²) in [6, 6.07) is 6.05. The number of unbranched alkanes of at least 4 members (excludes halogenated alkanes) is 3. The lowest BCUT2D eigenvalue weighted by molar-refractivity contribution is 0.663. The number of nitrogens with zero attached hydrogens (tertiary/aromatic N) is 5. The highest BCUT2D eigenvalue weighted by Crippen LogP contribution is 2.18. The van der Waals surface area contributed by atoms with Crippen molar-refractivity contribution in [3.8, 4) is 0 Å². The monoisotopic (exact) mass is 309 g/mol. The third kappa shape index (κ3) is 5.50. The minimum absolute atomic E-state index is 0.899. The molecule has 5 nitrogen and oxygen atoms in total. The SMILES string of the molecule is Cn1nnnc1SCCCCCCSc1ccccn1. The van der Waals surface area contributed by atoms with Gasteiger partial charge in [-0.25, -0.2) is 9.67 Å².